The van der Waals surface area contributed by atoms with E-state index >= 15 is 0 Å². The largest absolute Gasteiger partial charge is 0.465 e. The summed E-state index contributed by atoms with van der Waals surface area (Å²) in [5, 5.41) is 8.64. The predicted molar refractivity (Wildman–Crippen MR) is 101 cm³/mol. The predicted octanol–water partition coefficient (Wildman–Crippen LogP) is 4.17. The van der Waals surface area contributed by atoms with Crippen LogP contribution in [0.3, 0.4) is 0 Å². The highest BCUT2D eigenvalue weighted by Gasteiger charge is 2.46. The van der Waals surface area contributed by atoms with E-state index in [2.05, 4.69) is 4.99 Å². The van der Waals surface area contributed by atoms with Crippen LogP contribution in [0.25, 0.3) is 0 Å². The maximum atomic E-state index is 13.7. The Kier molecular flexibility index (Phi) is 7.38. The number of nitrogens with zero attached hydrogens (tertiary/aromatic N) is 2. The van der Waals surface area contributed by atoms with Crippen LogP contribution in [-0.4, -0.2) is 30.9 Å². The van der Waals surface area contributed by atoms with Crippen LogP contribution >= 0.6 is 0 Å². The number of aliphatic imine (C=N–C) groups is 1. The van der Waals surface area contributed by atoms with E-state index in [9.17, 15) is 22.8 Å². The summed E-state index contributed by atoms with van der Waals surface area (Å²) in [6.07, 6.45) is -4.78. The van der Waals surface area contributed by atoms with Gasteiger partial charge in [0.05, 0.1) is 30.2 Å². The second-order valence-corrected chi connectivity index (χ2v) is 6.59. The number of halogens is 3. The minimum absolute atomic E-state index is 0.0148. The number of alkyl halides is 3. The molecule has 0 amide bonds. The fraction of sp³-hybridized carbons (Fsp3) is 0.429. The lowest BCUT2D eigenvalue weighted by atomic mass is 9.74. The maximum Gasteiger partial charge on any atom is 0.416 e. The highest BCUT2D eigenvalue weighted by molar-refractivity contribution is 6.07. The Labute approximate surface area is 172 Å². The van der Waals surface area contributed by atoms with Gasteiger partial charge in [0.2, 0.25) is 0 Å². The molecule has 30 heavy (non-hydrogen) atoms. The summed E-state index contributed by atoms with van der Waals surface area (Å²) in [6, 6.07) is 6.58. The molecule has 1 aromatic rings. The number of allylic oxidation sites excluding steroid dienone is 1. The van der Waals surface area contributed by atoms with Crippen molar-refractivity contribution < 1.29 is 32.2 Å². The molecular weight excluding hydrogens is 401 g/mol. The van der Waals surface area contributed by atoms with Gasteiger partial charge in [0.25, 0.3) is 0 Å². The molecule has 1 aliphatic heterocycles. The van der Waals surface area contributed by atoms with Crippen LogP contribution in [0.1, 0.15) is 44.2 Å². The molecule has 2 atom stereocenters. The number of esters is 2. The van der Waals surface area contributed by atoms with Crippen molar-refractivity contribution in [2.24, 2.45) is 10.9 Å². The summed E-state index contributed by atoms with van der Waals surface area (Å²) in [5.74, 6) is -4.23. The summed E-state index contributed by atoms with van der Waals surface area (Å²) >= 11 is 0. The highest BCUT2D eigenvalue weighted by atomic mass is 19.4. The standard InChI is InChI=1S/C21H21F3N2O4/c1-4-29-19(27)16-12(2)26-13(3)17(20(28)30-11-7-10-25)18(16)14-8-5-6-9-15(14)21(22,23)24/h5-6,8-9,16,18H,4,7,11H2,1-3H3. The molecule has 0 aromatic heterocycles. The lowest BCUT2D eigenvalue weighted by Crippen LogP contribution is -2.37. The summed E-state index contributed by atoms with van der Waals surface area (Å²) in [5.41, 5.74) is -0.982. The molecule has 0 fully saturated rings. The van der Waals surface area contributed by atoms with Crippen molar-refractivity contribution in [3.63, 3.8) is 0 Å². The van der Waals surface area contributed by atoms with E-state index in [0.717, 1.165) is 6.07 Å². The van der Waals surface area contributed by atoms with Crippen LogP contribution in [0, 0.1) is 17.2 Å². The summed E-state index contributed by atoms with van der Waals surface area (Å²) in [4.78, 5) is 29.7. The van der Waals surface area contributed by atoms with Gasteiger partial charge >= 0.3 is 18.1 Å². The number of rotatable bonds is 6. The summed E-state index contributed by atoms with van der Waals surface area (Å²) in [6.45, 7) is 4.33. The number of hydrogen-bond donors (Lipinski definition) is 0. The van der Waals surface area contributed by atoms with E-state index in [1.165, 1.54) is 32.0 Å². The Bertz CT molecular complexity index is 929. The van der Waals surface area contributed by atoms with E-state index in [1.54, 1.807) is 6.92 Å². The molecule has 1 aromatic carbocycles. The van der Waals surface area contributed by atoms with Crippen molar-refractivity contribution in [2.45, 2.75) is 39.3 Å². The van der Waals surface area contributed by atoms with Gasteiger partial charge in [-0.25, -0.2) is 4.79 Å². The van der Waals surface area contributed by atoms with Gasteiger partial charge in [0.15, 0.2) is 0 Å². The first-order valence-corrected chi connectivity index (χ1v) is 9.26. The van der Waals surface area contributed by atoms with Gasteiger partial charge in [-0.05, 0) is 32.4 Å². The zero-order valence-electron chi connectivity index (χ0n) is 16.7. The monoisotopic (exact) mass is 422 g/mol. The molecule has 0 saturated carbocycles. The first-order valence-electron chi connectivity index (χ1n) is 9.26. The third kappa shape index (κ3) is 4.87. The molecule has 0 radical (unpaired) electrons. The number of carbonyl (C=O) groups excluding carboxylic acids is 2. The van der Waals surface area contributed by atoms with E-state index in [-0.39, 0.29) is 42.2 Å². The molecule has 9 heteroatoms. The van der Waals surface area contributed by atoms with E-state index < -0.39 is 35.5 Å². The summed E-state index contributed by atoms with van der Waals surface area (Å²) in [7, 11) is 0. The fourth-order valence-corrected chi connectivity index (χ4v) is 3.47. The zero-order chi connectivity index (χ0) is 22.5. The molecule has 0 N–H and O–H groups in total. The first kappa shape index (κ1) is 23.1. The van der Waals surface area contributed by atoms with Crippen molar-refractivity contribution in [2.75, 3.05) is 13.2 Å². The number of ether oxygens (including phenoxy) is 2. The second-order valence-electron chi connectivity index (χ2n) is 6.59. The lowest BCUT2D eigenvalue weighted by molar-refractivity contribution is -0.147. The molecule has 6 nitrogen and oxygen atoms in total. The Morgan fingerprint density at radius 3 is 2.47 bits per heavy atom. The van der Waals surface area contributed by atoms with Gasteiger partial charge in [-0.1, -0.05) is 18.2 Å². The average Bonchev–Trinajstić information content (AvgIpc) is 2.67. The minimum Gasteiger partial charge on any atom is -0.465 e. The third-order valence-corrected chi connectivity index (χ3v) is 4.64. The molecule has 1 aliphatic rings. The van der Waals surface area contributed by atoms with Crippen LogP contribution in [0.2, 0.25) is 0 Å². The molecular formula is C21H21F3N2O4. The van der Waals surface area contributed by atoms with Crippen molar-refractivity contribution in [1.29, 1.82) is 5.26 Å². The number of nitriles is 1. The Hall–Kier alpha value is -3.15. The van der Waals surface area contributed by atoms with Gasteiger partial charge in [0, 0.05) is 17.3 Å². The summed E-state index contributed by atoms with van der Waals surface area (Å²) < 4.78 is 51.4. The van der Waals surface area contributed by atoms with Crippen molar-refractivity contribution in [3.8, 4) is 6.07 Å². The second kappa shape index (κ2) is 9.57. The van der Waals surface area contributed by atoms with Gasteiger partial charge in [-0.15, -0.1) is 0 Å². The number of hydrogen-bond acceptors (Lipinski definition) is 6. The molecule has 0 aliphatic carbocycles. The van der Waals surface area contributed by atoms with Crippen LogP contribution in [0.15, 0.2) is 40.5 Å². The van der Waals surface area contributed by atoms with Gasteiger partial charge in [-0.2, -0.15) is 18.4 Å². The average molecular weight is 422 g/mol. The smallest absolute Gasteiger partial charge is 0.416 e. The first-order chi connectivity index (χ1) is 14.1. The van der Waals surface area contributed by atoms with Crippen LogP contribution in [0.5, 0.6) is 0 Å². The van der Waals surface area contributed by atoms with E-state index in [4.69, 9.17) is 14.7 Å². The Morgan fingerprint density at radius 1 is 1.20 bits per heavy atom. The fourth-order valence-electron chi connectivity index (χ4n) is 3.47. The Balaban J connectivity index is 2.70. The molecule has 1 heterocycles. The molecule has 0 saturated heterocycles. The molecule has 0 spiro atoms. The maximum absolute atomic E-state index is 13.7. The topological polar surface area (TPSA) is 88.8 Å². The number of carbonyl (C=O) groups is 2. The van der Waals surface area contributed by atoms with Crippen molar-refractivity contribution in [1.82, 2.24) is 0 Å². The van der Waals surface area contributed by atoms with E-state index in [0.29, 0.717) is 0 Å². The number of benzene rings is 1. The van der Waals surface area contributed by atoms with Crippen molar-refractivity contribution >= 4 is 17.7 Å². The molecule has 2 rings (SSSR count). The zero-order valence-corrected chi connectivity index (χ0v) is 16.7. The molecule has 2 unspecified atom stereocenters. The van der Waals surface area contributed by atoms with Gasteiger partial charge < -0.3 is 9.47 Å². The van der Waals surface area contributed by atoms with Crippen LogP contribution in [0.4, 0.5) is 13.2 Å². The molecule has 160 valence electrons. The third-order valence-electron chi connectivity index (χ3n) is 4.64. The van der Waals surface area contributed by atoms with E-state index in [1.807, 2.05) is 6.07 Å². The van der Waals surface area contributed by atoms with Crippen LogP contribution < -0.4 is 0 Å². The van der Waals surface area contributed by atoms with Gasteiger partial charge in [-0.3, -0.25) is 9.79 Å². The Morgan fingerprint density at radius 2 is 1.87 bits per heavy atom. The quantitative estimate of drug-likeness (QED) is 0.507. The molecule has 0 bridgehead atoms. The minimum atomic E-state index is -4.71. The SMILES string of the molecule is CCOC(=O)C1C(C)=NC(C)=C(C(=O)OCCC#N)C1c1ccccc1C(F)(F)F. The van der Waals surface area contributed by atoms with Crippen LogP contribution in [-0.2, 0) is 25.2 Å². The lowest BCUT2D eigenvalue weighted by Gasteiger charge is -2.32. The normalized spacial score (nSPS) is 19.0. The van der Waals surface area contributed by atoms with Gasteiger partial charge in [0.1, 0.15) is 12.5 Å². The highest BCUT2D eigenvalue weighted by Crippen LogP contribution is 2.44. The van der Waals surface area contributed by atoms with Crippen molar-refractivity contribution in [3.05, 3.63) is 46.7 Å².